The molecule has 0 N–H and O–H groups in total. The maximum Gasteiger partial charge on any atom is 0.313 e. The van der Waals surface area contributed by atoms with Crippen molar-refractivity contribution in [2.45, 2.75) is 38.7 Å². The average Bonchev–Trinajstić information content (AvgIpc) is 3.23. The number of ether oxygens (including phenoxy) is 2. The Hall–Kier alpha value is -2.04. The van der Waals surface area contributed by atoms with Gasteiger partial charge in [0.15, 0.2) is 0 Å². The second-order valence-corrected chi connectivity index (χ2v) is 8.32. The van der Waals surface area contributed by atoms with Crippen LogP contribution in [0.5, 0.6) is 0 Å². The van der Waals surface area contributed by atoms with E-state index in [0.29, 0.717) is 6.61 Å². The summed E-state index contributed by atoms with van der Waals surface area (Å²) in [5.41, 5.74) is 0.552. The number of fused-ring (bicyclic) bond motifs is 2. The quantitative estimate of drug-likeness (QED) is 0.578. The average molecular weight is 342 g/mol. The van der Waals surface area contributed by atoms with Crippen molar-refractivity contribution in [2.75, 3.05) is 6.61 Å². The van der Waals surface area contributed by atoms with E-state index in [-0.39, 0.29) is 46.6 Å². The van der Waals surface area contributed by atoms with Gasteiger partial charge in [-0.05, 0) is 43.1 Å². The molecule has 6 atom stereocenters. The van der Waals surface area contributed by atoms with E-state index < -0.39 is 0 Å². The van der Waals surface area contributed by atoms with E-state index in [0.717, 1.165) is 31.2 Å². The van der Waals surface area contributed by atoms with Crippen LogP contribution in [-0.2, 0) is 19.1 Å². The minimum absolute atomic E-state index is 0.103. The Morgan fingerprint density at radius 2 is 2.12 bits per heavy atom. The smallest absolute Gasteiger partial charge is 0.313 e. The lowest BCUT2D eigenvalue weighted by molar-refractivity contribution is -0.195. The lowest BCUT2D eigenvalue weighted by Crippen LogP contribution is -2.58. The summed E-state index contributed by atoms with van der Waals surface area (Å²) in [6.45, 7) is 2.70. The summed E-state index contributed by atoms with van der Waals surface area (Å²) in [6, 6.07) is 1.87. The molecule has 0 aromatic carbocycles. The van der Waals surface area contributed by atoms with Crippen LogP contribution in [0.1, 0.15) is 44.3 Å². The normalized spacial score (nSPS) is 45.2. The van der Waals surface area contributed by atoms with Crippen LogP contribution in [0.2, 0.25) is 0 Å². The number of furan rings is 1. The van der Waals surface area contributed by atoms with Gasteiger partial charge in [-0.2, -0.15) is 0 Å². The maximum absolute atomic E-state index is 12.8. The van der Waals surface area contributed by atoms with E-state index in [2.05, 4.69) is 13.0 Å². The molecule has 2 aliphatic heterocycles. The van der Waals surface area contributed by atoms with Crippen LogP contribution in [0.3, 0.4) is 0 Å². The van der Waals surface area contributed by atoms with Crippen molar-refractivity contribution in [3.05, 3.63) is 36.3 Å². The summed E-state index contributed by atoms with van der Waals surface area (Å²) >= 11 is 0. The summed E-state index contributed by atoms with van der Waals surface area (Å²) in [5, 5.41) is 0. The fraction of sp³-hybridized carbons (Fsp3) is 0.600. The molecule has 2 saturated heterocycles. The Bertz CT molecular complexity index is 750. The number of rotatable bonds is 1. The molecule has 5 nitrogen and oxygen atoms in total. The molecule has 25 heavy (non-hydrogen) atoms. The zero-order chi connectivity index (χ0) is 17.2. The molecule has 2 aliphatic carbocycles. The number of hydrogen-bond acceptors (Lipinski definition) is 5. The fourth-order valence-electron chi connectivity index (χ4n) is 6.09. The van der Waals surface area contributed by atoms with Gasteiger partial charge in [-0.25, -0.2) is 0 Å². The summed E-state index contributed by atoms with van der Waals surface area (Å²) in [7, 11) is 0. The lowest BCUT2D eigenvalue weighted by atomic mass is 9.45. The maximum atomic E-state index is 12.8. The number of hydrogen-bond donors (Lipinski definition) is 0. The topological polar surface area (TPSA) is 65.7 Å². The van der Waals surface area contributed by atoms with Crippen LogP contribution in [0.4, 0.5) is 0 Å². The van der Waals surface area contributed by atoms with Crippen molar-refractivity contribution in [1.82, 2.24) is 0 Å². The molecule has 1 spiro atoms. The molecule has 132 valence electrons. The molecule has 0 bridgehead atoms. The molecule has 1 saturated carbocycles. The Morgan fingerprint density at radius 3 is 2.92 bits per heavy atom. The molecule has 0 radical (unpaired) electrons. The van der Waals surface area contributed by atoms with Gasteiger partial charge in [0.05, 0.1) is 31.0 Å². The zero-order valence-corrected chi connectivity index (χ0v) is 14.3. The van der Waals surface area contributed by atoms with Gasteiger partial charge in [0.2, 0.25) is 0 Å². The van der Waals surface area contributed by atoms with E-state index in [9.17, 15) is 9.59 Å². The van der Waals surface area contributed by atoms with Crippen molar-refractivity contribution < 1.29 is 23.5 Å². The Labute approximate surface area is 146 Å². The monoisotopic (exact) mass is 342 g/mol. The van der Waals surface area contributed by atoms with Crippen LogP contribution in [-0.4, -0.2) is 18.5 Å². The first kappa shape index (κ1) is 15.2. The van der Waals surface area contributed by atoms with E-state index in [1.807, 2.05) is 12.1 Å². The van der Waals surface area contributed by atoms with Gasteiger partial charge in [0.25, 0.3) is 0 Å². The summed E-state index contributed by atoms with van der Waals surface area (Å²) in [4.78, 5) is 25.1. The molecule has 5 heteroatoms. The highest BCUT2D eigenvalue weighted by Gasteiger charge is 2.66. The summed E-state index contributed by atoms with van der Waals surface area (Å²) in [5.74, 6) is -0.218. The van der Waals surface area contributed by atoms with Crippen LogP contribution in [0.15, 0.2) is 35.2 Å². The largest absolute Gasteiger partial charge is 0.472 e. The van der Waals surface area contributed by atoms with Crippen molar-refractivity contribution in [2.24, 2.45) is 28.6 Å². The van der Waals surface area contributed by atoms with Crippen LogP contribution in [0.25, 0.3) is 0 Å². The molecule has 0 amide bonds. The van der Waals surface area contributed by atoms with Gasteiger partial charge in [0.1, 0.15) is 6.10 Å². The molecule has 3 fully saturated rings. The molecule has 1 aromatic heterocycles. The molecule has 5 rings (SSSR count). The van der Waals surface area contributed by atoms with Crippen LogP contribution in [0, 0.1) is 28.6 Å². The third kappa shape index (κ3) is 1.89. The van der Waals surface area contributed by atoms with Crippen LogP contribution < -0.4 is 0 Å². The van der Waals surface area contributed by atoms with E-state index >= 15 is 0 Å². The summed E-state index contributed by atoms with van der Waals surface area (Å²) < 4.78 is 16.4. The highest BCUT2D eigenvalue weighted by atomic mass is 16.5. The third-order valence-corrected chi connectivity index (χ3v) is 7.32. The Morgan fingerprint density at radius 1 is 1.24 bits per heavy atom. The predicted octanol–water partition coefficient (Wildman–Crippen LogP) is 3.42. The fourth-order valence-corrected chi connectivity index (χ4v) is 6.09. The number of allylic oxidation sites excluding steroid dienone is 1. The number of cyclic esters (lactones) is 2. The Balaban J connectivity index is 1.56. The van der Waals surface area contributed by atoms with Gasteiger partial charge in [-0.1, -0.05) is 19.1 Å². The molecule has 1 aromatic rings. The third-order valence-electron chi connectivity index (χ3n) is 7.32. The first-order valence-electron chi connectivity index (χ1n) is 9.10. The van der Waals surface area contributed by atoms with E-state index in [1.54, 1.807) is 12.5 Å². The molecular weight excluding hydrogens is 320 g/mol. The highest BCUT2D eigenvalue weighted by Crippen LogP contribution is 2.66. The molecule has 4 aliphatic rings. The van der Waals surface area contributed by atoms with Crippen molar-refractivity contribution in [3.63, 3.8) is 0 Å². The van der Waals surface area contributed by atoms with Gasteiger partial charge in [0, 0.05) is 11.0 Å². The predicted molar refractivity (Wildman–Crippen MR) is 87.1 cm³/mol. The highest BCUT2D eigenvalue weighted by molar-refractivity contribution is 5.79. The number of carbonyl (C=O) groups is 2. The second-order valence-electron chi connectivity index (χ2n) is 8.32. The van der Waals surface area contributed by atoms with E-state index in [1.165, 1.54) is 0 Å². The van der Waals surface area contributed by atoms with Crippen molar-refractivity contribution in [1.29, 1.82) is 0 Å². The molecule has 3 heterocycles. The summed E-state index contributed by atoms with van der Waals surface area (Å²) in [6.07, 6.45) is 10.4. The lowest BCUT2D eigenvalue weighted by Gasteiger charge is -2.59. The molecular formula is C20H22O5. The van der Waals surface area contributed by atoms with E-state index in [4.69, 9.17) is 13.9 Å². The standard InChI is InChI=1S/C20H22O5/c1-19-9-15(12-6-8-23-10-12)25-18(22)13(19)5-7-20-11-24-17(21)14(20)3-2-4-16(19)20/h2-3,6,8,10,13-16H,4-5,7,9,11H2,1H3/t13-,14+,15+,16-,19+,20-/m1/s1. The van der Waals surface area contributed by atoms with Gasteiger partial charge < -0.3 is 13.9 Å². The number of esters is 2. The minimum Gasteiger partial charge on any atom is -0.472 e. The van der Waals surface area contributed by atoms with Gasteiger partial charge in [-0.3, -0.25) is 9.59 Å². The van der Waals surface area contributed by atoms with Gasteiger partial charge >= 0.3 is 11.9 Å². The first-order valence-corrected chi connectivity index (χ1v) is 9.10. The second kappa shape index (κ2) is 4.99. The minimum atomic E-state index is -0.273. The number of carbonyl (C=O) groups excluding carboxylic acids is 2. The zero-order valence-electron chi connectivity index (χ0n) is 14.3. The Kier molecular flexibility index (Phi) is 3.04. The van der Waals surface area contributed by atoms with Gasteiger partial charge in [-0.15, -0.1) is 0 Å². The van der Waals surface area contributed by atoms with Crippen LogP contribution >= 0.6 is 0 Å². The SMILES string of the molecule is C[C@]12C[C@@H](c3ccoc3)OC(=O)[C@H]1CC[C@@]13COC(=O)[C@@H]1C=CC[C@H]23. The van der Waals surface area contributed by atoms with Crippen molar-refractivity contribution >= 4 is 11.9 Å². The first-order chi connectivity index (χ1) is 12.0. The van der Waals surface area contributed by atoms with Crippen molar-refractivity contribution in [3.8, 4) is 0 Å². The molecule has 0 unspecified atom stereocenters.